The van der Waals surface area contributed by atoms with Crippen LogP contribution in [0.1, 0.15) is 49.0 Å². The van der Waals surface area contributed by atoms with Crippen molar-refractivity contribution in [2.45, 2.75) is 62.1 Å². The second kappa shape index (κ2) is 9.43. The van der Waals surface area contributed by atoms with Gasteiger partial charge in [-0.05, 0) is 69.1 Å². The number of benzene rings is 1. The van der Waals surface area contributed by atoms with Gasteiger partial charge in [0.25, 0.3) is 5.56 Å². The molecule has 2 aliphatic carbocycles. The number of hydrogen-bond donors (Lipinski definition) is 1. The van der Waals surface area contributed by atoms with Crippen LogP contribution in [0.2, 0.25) is 0 Å². The van der Waals surface area contributed by atoms with Crippen LogP contribution in [-0.2, 0) is 17.6 Å². The van der Waals surface area contributed by atoms with Crippen LogP contribution in [0.3, 0.4) is 0 Å². The number of fused-ring (bicyclic) bond motifs is 3. The predicted molar refractivity (Wildman–Crippen MR) is 134 cm³/mol. The van der Waals surface area contributed by atoms with Crippen LogP contribution in [0.4, 0.5) is 0 Å². The highest BCUT2D eigenvalue weighted by Gasteiger charge is 2.35. The third kappa shape index (κ3) is 4.10. The molecule has 1 amide bonds. The Morgan fingerprint density at radius 1 is 1.26 bits per heavy atom. The first-order valence-corrected chi connectivity index (χ1v) is 13.4. The monoisotopic (exact) mass is 494 g/mol. The number of nitrogens with zero attached hydrogens (tertiary/aromatic N) is 3. The van der Waals surface area contributed by atoms with E-state index in [0.29, 0.717) is 34.8 Å². The summed E-state index contributed by atoms with van der Waals surface area (Å²) < 4.78 is 7.13. The number of para-hydroxylation sites is 2. The highest BCUT2D eigenvalue weighted by Crippen LogP contribution is 2.36. The Morgan fingerprint density at radius 3 is 2.79 bits per heavy atom. The van der Waals surface area contributed by atoms with E-state index in [0.717, 1.165) is 48.9 Å². The number of thioether (sulfide) groups is 1. The molecule has 2 heterocycles. The van der Waals surface area contributed by atoms with Gasteiger partial charge in [-0.15, -0.1) is 11.3 Å². The molecule has 9 heteroatoms. The molecular weight excluding hydrogens is 468 g/mol. The molecule has 0 atom stereocenters. The minimum atomic E-state index is -0.774. The Balaban J connectivity index is 1.55. The number of aromatic nitrogens is 2. The zero-order valence-corrected chi connectivity index (χ0v) is 20.7. The minimum Gasteiger partial charge on any atom is -0.495 e. The second-order valence-electron chi connectivity index (χ2n) is 8.84. The molecule has 2 aliphatic rings. The van der Waals surface area contributed by atoms with Gasteiger partial charge in [-0.2, -0.15) is 5.26 Å². The van der Waals surface area contributed by atoms with Gasteiger partial charge < -0.3 is 10.1 Å². The van der Waals surface area contributed by atoms with Crippen molar-refractivity contribution >= 4 is 39.2 Å². The smallest absolute Gasteiger partial charge is 0.267 e. The summed E-state index contributed by atoms with van der Waals surface area (Å²) in [6.45, 7) is 0. The fourth-order valence-electron chi connectivity index (χ4n) is 4.99. The molecule has 0 bridgehead atoms. The van der Waals surface area contributed by atoms with Crippen LogP contribution in [-0.4, -0.2) is 33.9 Å². The molecule has 1 saturated carbocycles. The van der Waals surface area contributed by atoms with E-state index in [1.807, 2.05) is 24.3 Å². The number of carbonyl (C=O) groups is 1. The number of hydrogen-bond acceptors (Lipinski definition) is 7. The molecule has 5 rings (SSSR count). The van der Waals surface area contributed by atoms with Gasteiger partial charge in [-0.3, -0.25) is 14.2 Å². The molecule has 0 unspecified atom stereocenters. The van der Waals surface area contributed by atoms with Crippen LogP contribution in [0.5, 0.6) is 5.75 Å². The number of carbonyl (C=O) groups excluding carboxylic acids is 1. The number of thiophene rings is 1. The standard InChI is InChI=1S/C25H26N4O3S2/c1-32-18-10-4-3-9-17(18)29-23(31)21-16-8-2-5-11-19(16)34-22(21)27-24(29)33-14-20(30)28-25(15-26)12-6-7-13-25/h3-4,9-10H,2,5-8,11-14H2,1H3,(H,28,30). The summed E-state index contributed by atoms with van der Waals surface area (Å²) >= 11 is 2.81. The number of ether oxygens (including phenoxy) is 1. The maximum absolute atomic E-state index is 13.9. The average molecular weight is 495 g/mol. The first-order valence-electron chi connectivity index (χ1n) is 11.6. The van der Waals surface area contributed by atoms with Crippen molar-refractivity contribution in [1.29, 1.82) is 5.26 Å². The summed E-state index contributed by atoms with van der Waals surface area (Å²) in [6, 6.07) is 9.65. The number of amides is 1. The number of nitrogens with one attached hydrogen (secondary N) is 1. The topological polar surface area (TPSA) is 97.0 Å². The summed E-state index contributed by atoms with van der Waals surface area (Å²) in [7, 11) is 1.57. The molecule has 1 aromatic carbocycles. The van der Waals surface area contributed by atoms with E-state index in [4.69, 9.17) is 9.72 Å². The minimum absolute atomic E-state index is 0.0710. The van der Waals surface area contributed by atoms with Gasteiger partial charge in [0.15, 0.2) is 5.16 Å². The van der Waals surface area contributed by atoms with Crippen LogP contribution < -0.4 is 15.6 Å². The molecule has 2 aromatic heterocycles. The number of rotatable bonds is 6. The Morgan fingerprint density at radius 2 is 2.03 bits per heavy atom. The summed E-state index contributed by atoms with van der Waals surface area (Å²) in [5, 5.41) is 13.7. The summed E-state index contributed by atoms with van der Waals surface area (Å²) in [5.74, 6) is 0.414. The molecule has 0 saturated heterocycles. The van der Waals surface area contributed by atoms with Gasteiger partial charge in [-0.25, -0.2) is 4.98 Å². The SMILES string of the molecule is COc1ccccc1-n1c(SCC(=O)NC2(C#N)CCCC2)nc2sc3c(c2c1=O)CCCC3. The summed E-state index contributed by atoms with van der Waals surface area (Å²) in [5.41, 5.74) is 0.830. The normalized spacial score (nSPS) is 16.7. The molecule has 3 aromatic rings. The Hall–Kier alpha value is -2.83. The number of methoxy groups -OCH3 is 1. The van der Waals surface area contributed by atoms with Crippen LogP contribution >= 0.6 is 23.1 Å². The number of aryl methyl sites for hydroxylation is 2. The van der Waals surface area contributed by atoms with Gasteiger partial charge in [0.1, 0.15) is 16.1 Å². The summed E-state index contributed by atoms with van der Waals surface area (Å²) in [6.07, 6.45) is 7.31. The highest BCUT2D eigenvalue weighted by atomic mass is 32.2. The average Bonchev–Trinajstić information content (AvgIpc) is 3.47. The quantitative estimate of drug-likeness (QED) is 0.404. The Bertz CT molecular complexity index is 1350. The molecule has 176 valence electrons. The fraction of sp³-hybridized carbons (Fsp3) is 0.440. The van der Waals surface area contributed by atoms with E-state index >= 15 is 0 Å². The third-order valence-electron chi connectivity index (χ3n) is 6.67. The van der Waals surface area contributed by atoms with Crippen LogP contribution in [0, 0.1) is 11.3 Å². The van der Waals surface area contributed by atoms with Crippen molar-refractivity contribution in [1.82, 2.24) is 14.9 Å². The molecular formula is C25H26N4O3S2. The van der Waals surface area contributed by atoms with Gasteiger partial charge in [0.05, 0.1) is 30.0 Å². The molecule has 34 heavy (non-hydrogen) atoms. The van der Waals surface area contributed by atoms with Crippen molar-refractivity contribution in [2.75, 3.05) is 12.9 Å². The van der Waals surface area contributed by atoms with Crippen LogP contribution in [0.25, 0.3) is 15.9 Å². The lowest BCUT2D eigenvalue weighted by Crippen LogP contribution is -2.45. The lowest BCUT2D eigenvalue weighted by molar-refractivity contribution is -0.119. The molecule has 1 N–H and O–H groups in total. The lowest BCUT2D eigenvalue weighted by atomic mass is 9.97. The Labute approximate surface area is 206 Å². The molecule has 0 radical (unpaired) electrons. The van der Waals surface area contributed by atoms with Gasteiger partial charge in [0, 0.05) is 4.88 Å². The van der Waals surface area contributed by atoms with E-state index in [9.17, 15) is 14.9 Å². The summed E-state index contributed by atoms with van der Waals surface area (Å²) in [4.78, 5) is 33.5. The fourth-order valence-corrected chi connectivity index (χ4v) is 7.09. The first kappa shape index (κ1) is 22.9. The van der Waals surface area contributed by atoms with Crippen molar-refractivity contribution in [3.05, 3.63) is 45.1 Å². The maximum atomic E-state index is 13.9. The third-order valence-corrected chi connectivity index (χ3v) is 8.79. The van der Waals surface area contributed by atoms with E-state index in [-0.39, 0.29) is 17.2 Å². The largest absolute Gasteiger partial charge is 0.495 e. The van der Waals surface area contributed by atoms with Crippen LogP contribution in [0.15, 0.2) is 34.2 Å². The van der Waals surface area contributed by atoms with E-state index in [1.54, 1.807) is 23.0 Å². The van der Waals surface area contributed by atoms with Gasteiger partial charge in [0.2, 0.25) is 5.91 Å². The van der Waals surface area contributed by atoms with Gasteiger partial charge in [-0.1, -0.05) is 23.9 Å². The second-order valence-corrected chi connectivity index (χ2v) is 10.9. The zero-order chi connectivity index (χ0) is 23.7. The maximum Gasteiger partial charge on any atom is 0.267 e. The van der Waals surface area contributed by atoms with Crippen molar-refractivity contribution < 1.29 is 9.53 Å². The van der Waals surface area contributed by atoms with Crippen molar-refractivity contribution in [2.24, 2.45) is 0 Å². The number of nitriles is 1. The van der Waals surface area contributed by atoms with E-state index in [1.165, 1.54) is 16.6 Å². The van der Waals surface area contributed by atoms with Gasteiger partial charge >= 0.3 is 0 Å². The van der Waals surface area contributed by atoms with Crippen molar-refractivity contribution in [3.8, 4) is 17.5 Å². The highest BCUT2D eigenvalue weighted by molar-refractivity contribution is 7.99. The zero-order valence-electron chi connectivity index (χ0n) is 19.1. The predicted octanol–water partition coefficient (Wildman–Crippen LogP) is 4.38. The molecule has 1 fully saturated rings. The lowest BCUT2D eigenvalue weighted by Gasteiger charge is -2.22. The molecule has 7 nitrogen and oxygen atoms in total. The molecule has 0 spiro atoms. The van der Waals surface area contributed by atoms with E-state index < -0.39 is 5.54 Å². The Kier molecular flexibility index (Phi) is 6.36. The first-order chi connectivity index (χ1) is 16.5. The van der Waals surface area contributed by atoms with E-state index in [2.05, 4.69) is 11.4 Å². The van der Waals surface area contributed by atoms with Crippen molar-refractivity contribution in [3.63, 3.8) is 0 Å². The molecule has 0 aliphatic heterocycles.